The summed E-state index contributed by atoms with van der Waals surface area (Å²) in [5.41, 5.74) is 0.147. The average Bonchev–Trinajstić information content (AvgIpc) is 2.72. The quantitative estimate of drug-likeness (QED) is 0.459. The van der Waals surface area contributed by atoms with Crippen LogP contribution in [0.25, 0.3) is 0 Å². The van der Waals surface area contributed by atoms with Crippen molar-refractivity contribution in [1.82, 2.24) is 0 Å². The fraction of sp³-hybridized carbons (Fsp3) is 0.143. The van der Waals surface area contributed by atoms with Gasteiger partial charge in [-0.2, -0.15) is 0 Å². The molecule has 0 aromatic heterocycles. The summed E-state index contributed by atoms with van der Waals surface area (Å²) in [6.45, 7) is 0. The molecule has 0 bridgehead atoms. The van der Waals surface area contributed by atoms with E-state index in [4.69, 9.17) is 14.0 Å². The lowest BCUT2D eigenvalue weighted by molar-refractivity contribution is 0.0975. The van der Waals surface area contributed by atoms with Gasteiger partial charge in [-0.05, 0) is 41.0 Å². The Morgan fingerprint density at radius 1 is 0.679 bits per heavy atom. The maximum absolute atomic E-state index is 12.0. The number of methoxy groups -OCH3 is 2. The molecule has 3 aromatic carbocycles. The van der Waals surface area contributed by atoms with E-state index >= 15 is 0 Å². The Morgan fingerprint density at radius 2 is 1.07 bits per heavy atom. The molecule has 0 unspecified atom stereocenters. The maximum atomic E-state index is 12.0. The summed E-state index contributed by atoms with van der Waals surface area (Å²) in [7, 11) is -1.78. The number of hydrogen-bond donors (Lipinski definition) is 2. The van der Waals surface area contributed by atoms with E-state index in [9.17, 15) is 14.4 Å². The molecule has 2 N–H and O–H groups in total. The zero-order chi connectivity index (χ0) is 20.2. The third kappa shape index (κ3) is 4.11. The third-order valence-electron chi connectivity index (χ3n) is 4.43. The predicted octanol–water partition coefficient (Wildman–Crippen LogP) is 4.11. The average molecular weight is 400 g/mol. The highest BCUT2D eigenvalue weighted by Gasteiger charge is 2.43. The number of rotatable bonds is 7. The van der Waals surface area contributed by atoms with Gasteiger partial charge in [0.1, 0.15) is 11.5 Å². The molecule has 146 valence electrons. The molecule has 0 saturated carbocycles. The van der Waals surface area contributed by atoms with Crippen molar-refractivity contribution >= 4 is 7.82 Å². The molecular weight excluding hydrogens is 379 g/mol. The van der Waals surface area contributed by atoms with Crippen molar-refractivity contribution in [3.63, 3.8) is 0 Å². The zero-order valence-electron chi connectivity index (χ0n) is 15.5. The van der Waals surface area contributed by atoms with Gasteiger partial charge in [0.05, 0.1) is 14.2 Å². The van der Waals surface area contributed by atoms with Gasteiger partial charge in [0, 0.05) is 0 Å². The molecule has 0 heterocycles. The van der Waals surface area contributed by atoms with Gasteiger partial charge in [-0.3, -0.25) is 4.52 Å². The van der Waals surface area contributed by atoms with Crippen molar-refractivity contribution in [2.75, 3.05) is 14.2 Å². The summed E-state index contributed by atoms with van der Waals surface area (Å²) in [5, 5.41) is 0. The van der Waals surface area contributed by atoms with Gasteiger partial charge in [0.2, 0.25) is 0 Å². The van der Waals surface area contributed by atoms with Crippen LogP contribution >= 0.6 is 7.82 Å². The fourth-order valence-electron chi connectivity index (χ4n) is 3.16. The highest BCUT2D eigenvalue weighted by molar-refractivity contribution is 7.46. The Balaban J connectivity index is 2.31. The fourth-order valence-corrected chi connectivity index (χ4v) is 3.83. The Hall–Kier alpha value is -2.63. The van der Waals surface area contributed by atoms with Gasteiger partial charge in [-0.15, -0.1) is 0 Å². The minimum atomic E-state index is -4.88. The first-order valence-corrected chi connectivity index (χ1v) is 10.0. The van der Waals surface area contributed by atoms with Crippen molar-refractivity contribution in [3.8, 4) is 11.5 Å². The van der Waals surface area contributed by atoms with E-state index in [2.05, 4.69) is 0 Å². The van der Waals surface area contributed by atoms with Crippen LogP contribution in [0.5, 0.6) is 11.5 Å². The van der Waals surface area contributed by atoms with E-state index < -0.39 is 13.4 Å². The lowest BCUT2D eigenvalue weighted by Gasteiger charge is -2.35. The molecular formula is C21H21O6P. The molecule has 0 amide bonds. The second-order valence-electron chi connectivity index (χ2n) is 6.09. The van der Waals surface area contributed by atoms with Crippen molar-refractivity contribution < 1.29 is 28.3 Å². The van der Waals surface area contributed by atoms with Gasteiger partial charge in [-0.1, -0.05) is 54.6 Å². The first kappa shape index (κ1) is 20.1. The second kappa shape index (κ2) is 8.17. The highest BCUT2D eigenvalue weighted by atomic mass is 31.2. The van der Waals surface area contributed by atoms with Crippen LogP contribution in [0.2, 0.25) is 0 Å². The largest absolute Gasteiger partial charge is 0.497 e. The highest BCUT2D eigenvalue weighted by Crippen LogP contribution is 2.52. The van der Waals surface area contributed by atoms with E-state index in [1.54, 1.807) is 87.0 Å². The van der Waals surface area contributed by atoms with Gasteiger partial charge < -0.3 is 19.3 Å². The molecule has 7 heteroatoms. The van der Waals surface area contributed by atoms with Crippen molar-refractivity contribution in [2.45, 2.75) is 5.60 Å². The number of hydrogen-bond acceptors (Lipinski definition) is 4. The van der Waals surface area contributed by atoms with Crippen LogP contribution in [-0.4, -0.2) is 24.0 Å². The van der Waals surface area contributed by atoms with E-state index in [1.807, 2.05) is 6.07 Å². The van der Waals surface area contributed by atoms with Crippen LogP contribution < -0.4 is 9.47 Å². The number of ether oxygens (including phenoxy) is 2. The van der Waals surface area contributed by atoms with Crippen LogP contribution in [0.1, 0.15) is 16.7 Å². The minimum absolute atomic E-state index is 0.549. The molecule has 6 nitrogen and oxygen atoms in total. The molecule has 0 spiro atoms. The lowest BCUT2D eigenvalue weighted by atomic mass is 9.80. The van der Waals surface area contributed by atoms with Crippen molar-refractivity contribution in [3.05, 3.63) is 95.6 Å². The Morgan fingerprint density at radius 3 is 1.43 bits per heavy atom. The molecule has 0 radical (unpaired) electrons. The maximum Gasteiger partial charge on any atom is 0.471 e. The summed E-state index contributed by atoms with van der Waals surface area (Å²) in [5.74, 6) is 1.24. The van der Waals surface area contributed by atoms with E-state index in [1.165, 1.54) is 0 Å². The molecule has 0 aliphatic rings. The number of phosphoric acid groups is 1. The topological polar surface area (TPSA) is 85.2 Å². The van der Waals surface area contributed by atoms with E-state index in [-0.39, 0.29) is 0 Å². The second-order valence-corrected chi connectivity index (χ2v) is 7.25. The van der Waals surface area contributed by atoms with Crippen LogP contribution in [-0.2, 0) is 14.7 Å². The van der Waals surface area contributed by atoms with Crippen molar-refractivity contribution in [2.24, 2.45) is 0 Å². The van der Waals surface area contributed by atoms with Crippen molar-refractivity contribution in [1.29, 1.82) is 0 Å². The Labute approximate surface area is 163 Å². The Kier molecular flexibility index (Phi) is 5.87. The first-order valence-electron chi connectivity index (χ1n) is 8.50. The van der Waals surface area contributed by atoms with Gasteiger partial charge in [-0.25, -0.2) is 4.57 Å². The van der Waals surface area contributed by atoms with Gasteiger partial charge in [0.15, 0.2) is 5.60 Å². The van der Waals surface area contributed by atoms with Gasteiger partial charge in [0.25, 0.3) is 0 Å². The molecule has 28 heavy (non-hydrogen) atoms. The van der Waals surface area contributed by atoms with E-state index in [0.29, 0.717) is 28.2 Å². The molecule has 0 aliphatic carbocycles. The minimum Gasteiger partial charge on any atom is -0.497 e. The summed E-state index contributed by atoms with van der Waals surface area (Å²) in [6, 6.07) is 22.7. The molecule has 0 atom stereocenters. The van der Waals surface area contributed by atoms with Crippen LogP contribution in [0.4, 0.5) is 0 Å². The molecule has 0 aliphatic heterocycles. The SMILES string of the molecule is COc1ccc(C(OP(=O)(O)O)(c2ccccc2)c2ccc(OC)cc2)cc1. The van der Waals surface area contributed by atoms with Crippen LogP contribution in [0.15, 0.2) is 78.9 Å². The monoisotopic (exact) mass is 400 g/mol. The lowest BCUT2D eigenvalue weighted by Crippen LogP contribution is -2.32. The zero-order valence-corrected chi connectivity index (χ0v) is 16.4. The predicted molar refractivity (Wildman–Crippen MR) is 105 cm³/mol. The van der Waals surface area contributed by atoms with E-state index in [0.717, 1.165) is 0 Å². The van der Waals surface area contributed by atoms with Gasteiger partial charge >= 0.3 is 7.82 Å². The molecule has 0 fully saturated rings. The number of benzene rings is 3. The summed E-state index contributed by atoms with van der Waals surface area (Å²) < 4.78 is 28.0. The molecule has 3 rings (SSSR count). The summed E-state index contributed by atoms with van der Waals surface area (Å²) in [6.07, 6.45) is 0. The number of phosphoric ester groups is 1. The standard InChI is InChI=1S/C21H21O6P/c1-25-19-12-8-17(9-13-19)21(27-28(22,23)24,16-6-4-3-5-7-16)18-10-14-20(26-2)15-11-18/h3-15H,1-2H3,(H2,22,23,24). The first-order chi connectivity index (χ1) is 13.4. The summed E-state index contributed by atoms with van der Waals surface area (Å²) >= 11 is 0. The smallest absolute Gasteiger partial charge is 0.471 e. The molecule has 0 saturated heterocycles. The molecule has 3 aromatic rings. The normalized spacial score (nSPS) is 11.9. The Bertz CT molecular complexity index is 901. The van der Waals surface area contributed by atoms with Crippen LogP contribution in [0.3, 0.4) is 0 Å². The summed E-state index contributed by atoms with van der Waals surface area (Å²) in [4.78, 5) is 19.6. The van der Waals surface area contributed by atoms with Crippen LogP contribution in [0, 0.1) is 0 Å². The third-order valence-corrected chi connectivity index (χ3v) is 4.94.